The maximum atomic E-state index is 12.6. The molecule has 2 heterocycles. The molecule has 0 radical (unpaired) electrons. The van der Waals surface area contributed by atoms with Crippen LogP contribution in [-0.4, -0.2) is 34.2 Å². The van der Waals surface area contributed by atoms with Crippen LogP contribution in [0.25, 0.3) is 0 Å². The quantitative estimate of drug-likeness (QED) is 0.529. The predicted molar refractivity (Wildman–Crippen MR) is 93.1 cm³/mol. The predicted octanol–water partition coefficient (Wildman–Crippen LogP) is 4.53. The van der Waals surface area contributed by atoms with Gasteiger partial charge in [-0.05, 0) is 26.0 Å². The highest BCUT2D eigenvalue weighted by molar-refractivity contribution is 6.33. The van der Waals surface area contributed by atoms with Gasteiger partial charge in [0, 0.05) is 17.6 Å². The van der Waals surface area contributed by atoms with Gasteiger partial charge in [0.05, 0.1) is 16.1 Å². The molecule has 2 rings (SSSR count). The van der Waals surface area contributed by atoms with Gasteiger partial charge in [0.2, 0.25) is 0 Å². The van der Waals surface area contributed by atoms with Crippen molar-refractivity contribution < 1.29 is 40.7 Å². The van der Waals surface area contributed by atoms with E-state index in [4.69, 9.17) is 16.3 Å². The highest BCUT2D eigenvalue weighted by Gasteiger charge is 2.32. The molecule has 2 aromatic heterocycles. The average Bonchev–Trinajstić information content (AvgIpc) is 2.87. The lowest BCUT2D eigenvalue weighted by Gasteiger charge is -2.12. The summed E-state index contributed by atoms with van der Waals surface area (Å²) >= 11 is 5.65. The second-order valence-electron chi connectivity index (χ2n) is 6.16. The Balaban J connectivity index is 2.02. The van der Waals surface area contributed by atoms with Crippen molar-refractivity contribution in [3.8, 4) is 0 Å². The lowest BCUT2D eigenvalue weighted by atomic mass is 10.2. The number of esters is 1. The minimum atomic E-state index is -4.67. The lowest BCUT2D eigenvalue weighted by Crippen LogP contribution is -2.22. The Morgan fingerprint density at radius 2 is 1.80 bits per heavy atom. The summed E-state index contributed by atoms with van der Waals surface area (Å²) in [5, 5.41) is 1.59. The number of ether oxygens (including phenoxy) is 1. The molecule has 0 fully saturated rings. The van der Waals surface area contributed by atoms with Gasteiger partial charge >= 0.3 is 18.3 Å². The molecule has 0 saturated carbocycles. The molecule has 30 heavy (non-hydrogen) atoms. The van der Waals surface area contributed by atoms with Crippen LogP contribution >= 0.6 is 11.6 Å². The zero-order valence-corrected chi connectivity index (χ0v) is 16.2. The fourth-order valence-electron chi connectivity index (χ4n) is 2.49. The summed E-state index contributed by atoms with van der Waals surface area (Å²) in [5.41, 5.74) is -1.11. The number of amides is 1. The molecule has 0 aliphatic carbocycles. The number of pyridine rings is 1. The molecular formula is C17H14ClF6N3O3. The van der Waals surface area contributed by atoms with Gasteiger partial charge in [-0.3, -0.25) is 4.79 Å². The van der Waals surface area contributed by atoms with Crippen LogP contribution in [0.15, 0.2) is 18.3 Å². The van der Waals surface area contributed by atoms with E-state index < -0.39 is 48.0 Å². The van der Waals surface area contributed by atoms with E-state index >= 15 is 0 Å². The van der Waals surface area contributed by atoms with E-state index in [-0.39, 0.29) is 22.8 Å². The molecule has 1 N–H and O–H groups in total. The van der Waals surface area contributed by atoms with Crippen molar-refractivity contribution in [2.75, 3.05) is 11.9 Å². The smallest absolute Gasteiger partial charge is 0.417 e. The van der Waals surface area contributed by atoms with E-state index in [1.54, 1.807) is 0 Å². The first kappa shape index (κ1) is 23.5. The van der Waals surface area contributed by atoms with Crippen molar-refractivity contribution in [2.24, 2.45) is 0 Å². The molecule has 1 amide bonds. The molecule has 2 aromatic rings. The Kier molecular flexibility index (Phi) is 6.70. The number of aryl methyl sites for hydroxylation is 1. The van der Waals surface area contributed by atoms with Crippen LogP contribution in [0.5, 0.6) is 0 Å². The third-order valence-electron chi connectivity index (χ3n) is 3.89. The van der Waals surface area contributed by atoms with Gasteiger partial charge in [-0.2, -0.15) is 26.3 Å². The minimum absolute atomic E-state index is 0.00248. The summed E-state index contributed by atoms with van der Waals surface area (Å²) in [7, 11) is 0. The zero-order valence-electron chi connectivity index (χ0n) is 15.4. The Morgan fingerprint density at radius 1 is 1.17 bits per heavy atom. The maximum Gasteiger partial charge on any atom is 0.417 e. The number of halogens is 7. The minimum Gasteiger partial charge on any atom is -0.452 e. The van der Waals surface area contributed by atoms with Gasteiger partial charge in [-0.15, -0.1) is 0 Å². The van der Waals surface area contributed by atoms with Gasteiger partial charge in [-0.25, -0.2) is 9.78 Å². The molecule has 13 heteroatoms. The highest BCUT2D eigenvalue weighted by Crippen LogP contribution is 2.32. The van der Waals surface area contributed by atoms with E-state index in [0.29, 0.717) is 12.3 Å². The maximum absolute atomic E-state index is 12.6. The number of nitrogens with zero attached hydrogens (tertiary/aromatic N) is 2. The molecule has 0 spiro atoms. The summed E-state index contributed by atoms with van der Waals surface area (Å²) in [6.45, 7) is 0.513. The Bertz CT molecular complexity index is 969. The number of aromatic nitrogens is 2. The van der Waals surface area contributed by atoms with Crippen LogP contribution in [0.1, 0.15) is 27.3 Å². The molecule has 0 saturated heterocycles. The van der Waals surface area contributed by atoms with Gasteiger partial charge in [0.1, 0.15) is 6.54 Å². The van der Waals surface area contributed by atoms with E-state index in [0.717, 1.165) is 4.57 Å². The van der Waals surface area contributed by atoms with Gasteiger partial charge in [0.25, 0.3) is 5.91 Å². The summed E-state index contributed by atoms with van der Waals surface area (Å²) in [5.74, 6) is -2.38. The third-order valence-corrected chi connectivity index (χ3v) is 4.18. The first-order valence-electron chi connectivity index (χ1n) is 8.12. The number of rotatable bonds is 5. The van der Waals surface area contributed by atoms with Crippen molar-refractivity contribution in [3.05, 3.63) is 45.9 Å². The second kappa shape index (κ2) is 8.54. The monoisotopic (exact) mass is 457 g/mol. The summed E-state index contributed by atoms with van der Waals surface area (Å²) < 4.78 is 81.3. The summed E-state index contributed by atoms with van der Waals surface area (Å²) in [6, 6.07) is 1.75. The molecule has 6 nitrogen and oxygen atoms in total. The van der Waals surface area contributed by atoms with E-state index in [9.17, 15) is 35.9 Å². The SMILES string of the molecule is Cc1cc(C(=O)OCC(=O)Nc2ncc(C(F)(F)F)cc2Cl)c(C)n1CC(F)(F)F. The number of carbonyl (C=O) groups excluding carboxylic acids is 2. The topological polar surface area (TPSA) is 73.2 Å². The fraction of sp³-hybridized carbons (Fsp3) is 0.353. The average molecular weight is 458 g/mol. The lowest BCUT2D eigenvalue weighted by molar-refractivity contribution is -0.141. The standard InChI is InChI=1S/C17H14ClF6N3O3/c1-8-3-11(9(2)27(8)7-16(19,20)21)15(29)30-6-13(28)26-14-12(18)4-10(5-25-14)17(22,23)24/h3-5H,6-7H2,1-2H3,(H,25,26,28). The molecule has 0 aliphatic heterocycles. The molecular weight excluding hydrogens is 444 g/mol. The van der Waals surface area contributed by atoms with Crippen molar-refractivity contribution in [1.82, 2.24) is 9.55 Å². The molecule has 0 bridgehead atoms. The third kappa shape index (κ3) is 5.88. The fourth-order valence-corrected chi connectivity index (χ4v) is 2.71. The van der Waals surface area contributed by atoms with Crippen molar-refractivity contribution in [2.45, 2.75) is 32.7 Å². The Hall–Kier alpha value is -2.76. The number of anilines is 1. The van der Waals surface area contributed by atoms with Gasteiger partial charge in [0.15, 0.2) is 12.4 Å². The van der Waals surface area contributed by atoms with Crippen LogP contribution in [0.4, 0.5) is 32.2 Å². The van der Waals surface area contributed by atoms with E-state index in [1.165, 1.54) is 19.9 Å². The van der Waals surface area contributed by atoms with Gasteiger partial charge < -0.3 is 14.6 Å². The molecule has 0 atom stereocenters. The summed E-state index contributed by atoms with van der Waals surface area (Å²) in [6.07, 6.45) is -8.71. The molecule has 0 aromatic carbocycles. The number of carbonyl (C=O) groups is 2. The van der Waals surface area contributed by atoms with Crippen molar-refractivity contribution in [1.29, 1.82) is 0 Å². The molecule has 164 valence electrons. The van der Waals surface area contributed by atoms with Crippen LogP contribution in [0.3, 0.4) is 0 Å². The summed E-state index contributed by atoms with van der Waals surface area (Å²) in [4.78, 5) is 27.4. The largest absolute Gasteiger partial charge is 0.452 e. The first-order chi connectivity index (χ1) is 13.7. The van der Waals surface area contributed by atoms with Crippen LogP contribution < -0.4 is 5.32 Å². The first-order valence-corrected chi connectivity index (χ1v) is 8.50. The van der Waals surface area contributed by atoms with Crippen molar-refractivity contribution >= 4 is 29.3 Å². The highest BCUT2D eigenvalue weighted by atomic mass is 35.5. The number of hydrogen-bond acceptors (Lipinski definition) is 4. The van der Waals surface area contributed by atoms with Crippen LogP contribution in [-0.2, 0) is 22.3 Å². The van der Waals surface area contributed by atoms with E-state index in [2.05, 4.69) is 10.3 Å². The second-order valence-corrected chi connectivity index (χ2v) is 6.57. The van der Waals surface area contributed by atoms with E-state index in [1.807, 2.05) is 0 Å². The van der Waals surface area contributed by atoms with Crippen LogP contribution in [0, 0.1) is 13.8 Å². The van der Waals surface area contributed by atoms with Crippen LogP contribution in [0.2, 0.25) is 5.02 Å². The number of alkyl halides is 6. The number of hydrogen-bond donors (Lipinski definition) is 1. The number of nitrogens with one attached hydrogen (secondary N) is 1. The normalized spacial score (nSPS) is 12.0. The molecule has 0 unspecified atom stereocenters. The Morgan fingerprint density at radius 3 is 2.33 bits per heavy atom. The zero-order chi connectivity index (χ0) is 22.9. The Labute approximate surface area is 170 Å². The van der Waals surface area contributed by atoms with Crippen molar-refractivity contribution in [3.63, 3.8) is 0 Å². The molecule has 0 aliphatic rings. The van der Waals surface area contributed by atoms with Gasteiger partial charge in [-0.1, -0.05) is 11.6 Å².